The third kappa shape index (κ3) is 3.99. The highest BCUT2D eigenvalue weighted by Crippen LogP contribution is 2.15. The average Bonchev–Trinajstić information content (AvgIpc) is 3.17. The molecule has 10 heteroatoms. The molecule has 0 unspecified atom stereocenters. The summed E-state index contributed by atoms with van der Waals surface area (Å²) < 4.78 is 2.79. The number of H-pyrrole nitrogens is 1. The van der Waals surface area contributed by atoms with Crippen LogP contribution in [-0.2, 0) is 17.9 Å². The first-order valence-electron chi connectivity index (χ1n) is 8.77. The maximum Gasteiger partial charge on any atom is 0.268 e. The lowest BCUT2D eigenvalue weighted by atomic mass is 10.2. The van der Waals surface area contributed by atoms with E-state index < -0.39 is 0 Å². The minimum absolute atomic E-state index is 0.128. The molecule has 0 radical (unpaired) electrons. The molecule has 3 aromatic heterocycles. The molecule has 0 saturated heterocycles. The molecule has 8 nitrogen and oxygen atoms in total. The van der Waals surface area contributed by atoms with Gasteiger partial charge in [0.2, 0.25) is 5.91 Å². The van der Waals surface area contributed by atoms with E-state index in [1.807, 2.05) is 6.07 Å². The molecule has 0 bridgehead atoms. The molecule has 0 atom stereocenters. The monoisotopic (exact) mass is 473 g/mol. The lowest BCUT2D eigenvalue weighted by molar-refractivity contribution is -0.130. The molecule has 0 aliphatic heterocycles. The lowest BCUT2D eigenvalue weighted by Gasteiger charge is -2.17. The van der Waals surface area contributed by atoms with Crippen LogP contribution in [0.4, 0.5) is 0 Å². The number of nitrogens with zero attached hydrogens (tertiary/aromatic N) is 4. The second-order valence-electron chi connectivity index (χ2n) is 6.55. The van der Waals surface area contributed by atoms with Crippen LogP contribution in [0, 0.1) is 0 Å². The highest BCUT2D eigenvalue weighted by molar-refractivity contribution is 9.10. The summed E-state index contributed by atoms with van der Waals surface area (Å²) in [5, 5.41) is 2.30. The summed E-state index contributed by atoms with van der Waals surface area (Å²) in [6.45, 7) is 0.392. The van der Waals surface area contributed by atoms with Crippen LogP contribution < -0.4 is 11.1 Å². The number of thiophene rings is 1. The van der Waals surface area contributed by atoms with Crippen LogP contribution in [0.3, 0.4) is 0 Å². The topological polar surface area (TPSA) is 101 Å². The Bertz CT molecular complexity index is 1340. The van der Waals surface area contributed by atoms with Crippen molar-refractivity contribution >= 4 is 54.3 Å². The summed E-state index contributed by atoms with van der Waals surface area (Å²) in [7, 11) is 1.64. The van der Waals surface area contributed by atoms with Crippen LogP contribution in [0.25, 0.3) is 21.1 Å². The van der Waals surface area contributed by atoms with Crippen molar-refractivity contribution in [1.29, 1.82) is 0 Å². The first kappa shape index (κ1) is 19.5. The smallest absolute Gasteiger partial charge is 0.268 e. The first-order valence-corrected chi connectivity index (χ1v) is 10.4. The van der Waals surface area contributed by atoms with Gasteiger partial charge in [-0.25, -0.2) is 9.97 Å². The number of halogens is 1. The van der Waals surface area contributed by atoms with Gasteiger partial charge in [-0.05, 0) is 29.6 Å². The Morgan fingerprint density at radius 1 is 1.28 bits per heavy atom. The molecule has 4 rings (SSSR count). The third-order valence-electron chi connectivity index (χ3n) is 4.53. The van der Waals surface area contributed by atoms with Gasteiger partial charge in [0, 0.05) is 24.5 Å². The van der Waals surface area contributed by atoms with Gasteiger partial charge in [0.15, 0.2) is 0 Å². The minimum atomic E-state index is -0.208. The van der Waals surface area contributed by atoms with E-state index >= 15 is 0 Å². The van der Waals surface area contributed by atoms with Crippen molar-refractivity contribution in [1.82, 2.24) is 24.4 Å². The van der Waals surface area contributed by atoms with E-state index in [-0.39, 0.29) is 36.5 Å². The van der Waals surface area contributed by atoms with Gasteiger partial charge in [-0.2, -0.15) is 0 Å². The van der Waals surface area contributed by atoms with E-state index in [0.29, 0.717) is 26.9 Å². The van der Waals surface area contributed by atoms with Crippen LogP contribution >= 0.6 is 27.3 Å². The molecule has 1 aromatic carbocycles. The molecule has 0 saturated carbocycles. The second-order valence-corrected chi connectivity index (χ2v) is 8.38. The molecule has 0 aliphatic rings. The van der Waals surface area contributed by atoms with E-state index in [9.17, 15) is 14.4 Å². The molecule has 148 valence electrons. The Hall–Kier alpha value is -2.85. The molecule has 1 amide bonds. The van der Waals surface area contributed by atoms with Gasteiger partial charge >= 0.3 is 0 Å². The van der Waals surface area contributed by atoms with Crippen molar-refractivity contribution in [3.05, 3.63) is 67.0 Å². The first-order chi connectivity index (χ1) is 13.9. The minimum Gasteiger partial charge on any atom is -0.338 e. The van der Waals surface area contributed by atoms with Gasteiger partial charge in [-0.3, -0.25) is 19.0 Å². The normalized spacial score (nSPS) is 11.2. The number of hydrogen-bond donors (Lipinski definition) is 1. The SMILES string of the molecule is CN(Cc1nc2ccsc2c(=O)[nH]1)C(=O)CCn1cnc2ccc(Br)cc2c1=O. The number of aromatic nitrogens is 4. The quantitative estimate of drug-likeness (QED) is 0.479. The number of amides is 1. The van der Waals surface area contributed by atoms with Crippen molar-refractivity contribution in [2.45, 2.75) is 19.5 Å². The van der Waals surface area contributed by atoms with Crippen molar-refractivity contribution in [3.8, 4) is 0 Å². The number of rotatable bonds is 5. The maximum absolute atomic E-state index is 12.6. The summed E-state index contributed by atoms with van der Waals surface area (Å²) in [6, 6.07) is 7.08. The largest absolute Gasteiger partial charge is 0.338 e. The zero-order valence-electron chi connectivity index (χ0n) is 15.4. The van der Waals surface area contributed by atoms with E-state index in [1.54, 1.807) is 30.6 Å². The van der Waals surface area contributed by atoms with Gasteiger partial charge < -0.3 is 9.88 Å². The molecule has 0 fully saturated rings. The number of carbonyl (C=O) groups is 1. The predicted molar refractivity (Wildman–Crippen MR) is 115 cm³/mol. The van der Waals surface area contributed by atoms with Crippen molar-refractivity contribution in [3.63, 3.8) is 0 Å². The highest BCUT2D eigenvalue weighted by Gasteiger charge is 2.13. The molecular formula is C19H16BrN5O3S. The molecule has 0 aliphatic carbocycles. The van der Waals surface area contributed by atoms with Crippen molar-refractivity contribution in [2.75, 3.05) is 7.05 Å². The van der Waals surface area contributed by atoms with Crippen LogP contribution in [0.2, 0.25) is 0 Å². The fourth-order valence-electron chi connectivity index (χ4n) is 3.01. The Morgan fingerprint density at radius 2 is 2.10 bits per heavy atom. The number of nitrogens with one attached hydrogen (secondary N) is 1. The second kappa shape index (κ2) is 7.88. The summed E-state index contributed by atoms with van der Waals surface area (Å²) in [5.74, 6) is 0.255. The van der Waals surface area contributed by atoms with E-state index in [4.69, 9.17) is 0 Å². The van der Waals surface area contributed by atoms with E-state index in [1.165, 1.54) is 27.1 Å². The van der Waals surface area contributed by atoms with Gasteiger partial charge in [-0.15, -0.1) is 11.3 Å². The van der Waals surface area contributed by atoms with Gasteiger partial charge in [-0.1, -0.05) is 15.9 Å². The molecule has 1 N–H and O–H groups in total. The fourth-order valence-corrected chi connectivity index (χ4v) is 4.09. The van der Waals surface area contributed by atoms with E-state index in [0.717, 1.165) is 4.47 Å². The average molecular weight is 474 g/mol. The zero-order chi connectivity index (χ0) is 20.5. The summed E-state index contributed by atoms with van der Waals surface area (Å²) >= 11 is 4.68. The number of aromatic amines is 1. The van der Waals surface area contributed by atoms with Crippen LogP contribution in [0.1, 0.15) is 12.2 Å². The molecule has 29 heavy (non-hydrogen) atoms. The Balaban J connectivity index is 1.46. The summed E-state index contributed by atoms with van der Waals surface area (Å²) in [4.78, 5) is 50.0. The number of hydrogen-bond acceptors (Lipinski definition) is 6. The predicted octanol–water partition coefficient (Wildman–Crippen LogP) is 2.51. The van der Waals surface area contributed by atoms with Crippen LogP contribution in [0.15, 0.2) is 50.0 Å². The molecular weight excluding hydrogens is 458 g/mol. The van der Waals surface area contributed by atoms with Crippen LogP contribution in [-0.4, -0.2) is 37.4 Å². The van der Waals surface area contributed by atoms with Gasteiger partial charge in [0.05, 0.1) is 29.3 Å². The summed E-state index contributed by atoms with van der Waals surface area (Å²) in [5.41, 5.74) is 0.827. The van der Waals surface area contributed by atoms with Crippen molar-refractivity contribution < 1.29 is 4.79 Å². The number of aryl methyl sites for hydroxylation is 1. The lowest BCUT2D eigenvalue weighted by Crippen LogP contribution is -2.30. The Kier molecular flexibility index (Phi) is 5.29. The number of benzene rings is 1. The Morgan fingerprint density at radius 3 is 2.93 bits per heavy atom. The number of carbonyl (C=O) groups excluding carboxylic acids is 1. The van der Waals surface area contributed by atoms with Gasteiger partial charge in [0.1, 0.15) is 10.5 Å². The Labute approximate surface area is 177 Å². The van der Waals surface area contributed by atoms with Gasteiger partial charge in [0.25, 0.3) is 11.1 Å². The number of fused-ring (bicyclic) bond motifs is 2. The fraction of sp³-hybridized carbons (Fsp3) is 0.211. The standard InChI is InChI=1S/C19H16BrN5O3S/c1-24(9-15-22-14-5-7-29-17(14)18(27)23-15)16(26)4-6-25-10-21-13-3-2-11(20)8-12(13)19(25)28/h2-3,5,7-8,10H,4,6,9H2,1H3,(H,22,23,27). The van der Waals surface area contributed by atoms with E-state index in [2.05, 4.69) is 30.9 Å². The molecule has 0 spiro atoms. The van der Waals surface area contributed by atoms with Crippen molar-refractivity contribution in [2.24, 2.45) is 0 Å². The van der Waals surface area contributed by atoms with Crippen LogP contribution in [0.5, 0.6) is 0 Å². The maximum atomic E-state index is 12.6. The molecule has 3 heterocycles. The zero-order valence-corrected chi connectivity index (χ0v) is 17.8. The molecule has 4 aromatic rings. The summed E-state index contributed by atoms with van der Waals surface area (Å²) in [6.07, 6.45) is 1.58. The highest BCUT2D eigenvalue weighted by atomic mass is 79.9. The third-order valence-corrected chi connectivity index (χ3v) is 5.92.